The molecule has 1 aromatic rings. The van der Waals surface area contributed by atoms with Crippen LogP contribution in [0.2, 0.25) is 0 Å². The summed E-state index contributed by atoms with van der Waals surface area (Å²) >= 11 is 0. The van der Waals surface area contributed by atoms with Gasteiger partial charge < -0.3 is 10.6 Å². The number of hydrogen-bond acceptors (Lipinski definition) is 3. The van der Waals surface area contributed by atoms with Gasteiger partial charge in [0.1, 0.15) is 0 Å². The van der Waals surface area contributed by atoms with Crippen molar-refractivity contribution in [3.8, 4) is 0 Å². The van der Waals surface area contributed by atoms with Crippen molar-refractivity contribution in [2.75, 3.05) is 25.5 Å². The Kier molecular flexibility index (Phi) is 4.43. The van der Waals surface area contributed by atoms with Crippen molar-refractivity contribution >= 4 is 17.5 Å². The van der Waals surface area contributed by atoms with Crippen molar-refractivity contribution in [3.63, 3.8) is 0 Å². The van der Waals surface area contributed by atoms with Gasteiger partial charge in [0.2, 0.25) is 11.8 Å². The van der Waals surface area contributed by atoms with E-state index in [1.807, 2.05) is 6.07 Å². The average molecular weight is 301 g/mol. The standard InChI is InChI=1S/C17H23N3O2/c1-20(10-16(21)18-14-7-8-14)11-17(22)19-15-6-5-12-3-2-4-13(12)9-15/h5-6,9,14H,2-4,7-8,10-11H2,1H3,(H,18,21)(H,19,22). The van der Waals surface area contributed by atoms with Gasteiger partial charge in [0.25, 0.3) is 0 Å². The molecule has 118 valence electrons. The predicted octanol–water partition coefficient (Wildman–Crippen LogP) is 1.32. The van der Waals surface area contributed by atoms with Gasteiger partial charge in [-0.25, -0.2) is 0 Å². The molecule has 1 fully saturated rings. The van der Waals surface area contributed by atoms with Gasteiger partial charge in [0.05, 0.1) is 13.1 Å². The molecule has 0 spiro atoms. The second kappa shape index (κ2) is 6.48. The van der Waals surface area contributed by atoms with Crippen LogP contribution < -0.4 is 10.6 Å². The lowest BCUT2D eigenvalue weighted by molar-refractivity contribution is -0.123. The topological polar surface area (TPSA) is 61.4 Å². The first-order valence-electron chi connectivity index (χ1n) is 8.00. The quantitative estimate of drug-likeness (QED) is 0.833. The Labute approximate surface area is 131 Å². The fraction of sp³-hybridized carbons (Fsp3) is 0.529. The molecular weight excluding hydrogens is 278 g/mol. The second-order valence-corrected chi connectivity index (χ2v) is 6.40. The fourth-order valence-corrected chi connectivity index (χ4v) is 2.90. The minimum Gasteiger partial charge on any atom is -0.352 e. The number of fused-ring (bicyclic) bond motifs is 1. The van der Waals surface area contributed by atoms with Crippen LogP contribution in [0.5, 0.6) is 0 Å². The highest BCUT2D eigenvalue weighted by Gasteiger charge is 2.23. The van der Waals surface area contributed by atoms with E-state index in [2.05, 4.69) is 22.8 Å². The first-order valence-corrected chi connectivity index (χ1v) is 8.00. The molecule has 0 radical (unpaired) electrons. The lowest BCUT2D eigenvalue weighted by Crippen LogP contribution is -2.39. The van der Waals surface area contributed by atoms with E-state index in [4.69, 9.17) is 0 Å². The molecule has 5 nitrogen and oxygen atoms in total. The Morgan fingerprint density at radius 1 is 1.14 bits per heavy atom. The van der Waals surface area contributed by atoms with E-state index >= 15 is 0 Å². The van der Waals surface area contributed by atoms with Gasteiger partial charge in [0.15, 0.2) is 0 Å². The Morgan fingerprint density at radius 2 is 1.86 bits per heavy atom. The number of carbonyl (C=O) groups excluding carboxylic acids is 2. The molecular formula is C17H23N3O2. The van der Waals surface area contributed by atoms with Crippen LogP contribution in [-0.4, -0.2) is 42.9 Å². The summed E-state index contributed by atoms with van der Waals surface area (Å²) < 4.78 is 0. The molecule has 0 aliphatic heterocycles. The number of nitrogens with one attached hydrogen (secondary N) is 2. The Balaban J connectivity index is 1.46. The van der Waals surface area contributed by atoms with Crippen LogP contribution in [0.4, 0.5) is 5.69 Å². The smallest absolute Gasteiger partial charge is 0.238 e. The van der Waals surface area contributed by atoms with Gasteiger partial charge in [-0.3, -0.25) is 14.5 Å². The molecule has 1 saturated carbocycles. The number of hydrogen-bond donors (Lipinski definition) is 2. The van der Waals surface area contributed by atoms with Crippen LogP contribution in [0.25, 0.3) is 0 Å². The normalized spacial score (nSPS) is 16.5. The Morgan fingerprint density at radius 3 is 2.64 bits per heavy atom. The zero-order valence-electron chi connectivity index (χ0n) is 13.0. The number of amides is 2. The molecule has 0 atom stereocenters. The Bertz CT molecular complexity index is 581. The molecule has 22 heavy (non-hydrogen) atoms. The molecule has 5 heteroatoms. The van der Waals surface area contributed by atoms with Gasteiger partial charge in [-0.1, -0.05) is 6.07 Å². The molecule has 2 amide bonds. The van der Waals surface area contributed by atoms with E-state index in [-0.39, 0.29) is 24.9 Å². The van der Waals surface area contributed by atoms with Crippen molar-refractivity contribution in [1.82, 2.24) is 10.2 Å². The highest BCUT2D eigenvalue weighted by molar-refractivity contribution is 5.92. The molecule has 3 rings (SSSR count). The van der Waals surface area contributed by atoms with Crippen molar-refractivity contribution in [2.45, 2.75) is 38.1 Å². The zero-order chi connectivity index (χ0) is 15.5. The number of rotatable bonds is 6. The molecule has 1 aromatic carbocycles. The summed E-state index contributed by atoms with van der Waals surface area (Å²) in [6, 6.07) is 6.49. The largest absolute Gasteiger partial charge is 0.352 e. The van der Waals surface area contributed by atoms with E-state index < -0.39 is 0 Å². The minimum atomic E-state index is -0.0836. The molecule has 0 bridgehead atoms. The van der Waals surface area contributed by atoms with E-state index in [0.717, 1.165) is 31.4 Å². The molecule has 0 saturated heterocycles. The van der Waals surface area contributed by atoms with E-state index in [9.17, 15) is 9.59 Å². The third kappa shape index (κ3) is 4.07. The summed E-state index contributed by atoms with van der Waals surface area (Å²) in [5.74, 6) is -0.0880. The van der Waals surface area contributed by atoms with Crippen molar-refractivity contribution in [3.05, 3.63) is 29.3 Å². The van der Waals surface area contributed by atoms with Crippen molar-refractivity contribution in [1.29, 1.82) is 0 Å². The minimum absolute atomic E-state index is 0.00432. The first kappa shape index (κ1) is 15.0. The SMILES string of the molecule is CN(CC(=O)Nc1ccc2c(c1)CCC2)CC(=O)NC1CC1. The summed E-state index contributed by atoms with van der Waals surface area (Å²) in [6.45, 7) is 0.475. The first-order chi connectivity index (χ1) is 10.6. The van der Waals surface area contributed by atoms with Crippen molar-refractivity contribution in [2.24, 2.45) is 0 Å². The lowest BCUT2D eigenvalue weighted by Gasteiger charge is -2.16. The molecule has 0 heterocycles. The predicted molar refractivity (Wildman–Crippen MR) is 85.8 cm³/mol. The van der Waals surface area contributed by atoms with Gasteiger partial charge in [-0.05, 0) is 62.4 Å². The monoisotopic (exact) mass is 301 g/mol. The fourth-order valence-electron chi connectivity index (χ4n) is 2.90. The summed E-state index contributed by atoms with van der Waals surface area (Å²) in [6.07, 6.45) is 5.59. The maximum atomic E-state index is 12.1. The highest BCUT2D eigenvalue weighted by Crippen LogP contribution is 2.24. The average Bonchev–Trinajstić information content (AvgIpc) is 3.13. The number of anilines is 1. The third-order valence-corrected chi connectivity index (χ3v) is 4.15. The van der Waals surface area contributed by atoms with Crippen molar-refractivity contribution < 1.29 is 9.59 Å². The van der Waals surface area contributed by atoms with Gasteiger partial charge in [-0.15, -0.1) is 0 Å². The summed E-state index contributed by atoms with van der Waals surface area (Å²) in [5, 5.41) is 5.84. The van der Waals surface area contributed by atoms with E-state index in [1.54, 1.807) is 11.9 Å². The maximum absolute atomic E-state index is 12.1. The Hall–Kier alpha value is -1.88. The van der Waals surface area contributed by atoms with Crippen LogP contribution in [0.3, 0.4) is 0 Å². The van der Waals surface area contributed by atoms with Crippen LogP contribution in [-0.2, 0) is 22.4 Å². The van der Waals surface area contributed by atoms with Gasteiger partial charge in [0, 0.05) is 11.7 Å². The number of benzene rings is 1. The molecule has 2 aliphatic carbocycles. The van der Waals surface area contributed by atoms with Crippen LogP contribution >= 0.6 is 0 Å². The van der Waals surface area contributed by atoms with E-state index in [1.165, 1.54) is 17.5 Å². The summed E-state index contributed by atoms with van der Waals surface area (Å²) in [4.78, 5) is 25.5. The van der Waals surface area contributed by atoms with E-state index in [0.29, 0.717) is 6.04 Å². The summed E-state index contributed by atoms with van der Waals surface area (Å²) in [7, 11) is 1.79. The van der Waals surface area contributed by atoms with Crippen LogP contribution in [0.15, 0.2) is 18.2 Å². The number of carbonyl (C=O) groups is 2. The number of aryl methyl sites for hydroxylation is 2. The number of likely N-dealkylation sites (N-methyl/N-ethyl adjacent to an activating group) is 1. The maximum Gasteiger partial charge on any atom is 0.238 e. The van der Waals surface area contributed by atoms with Gasteiger partial charge in [-0.2, -0.15) is 0 Å². The molecule has 2 N–H and O–H groups in total. The third-order valence-electron chi connectivity index (χ3n) is 4.15. The zero-order valence-corrected chi connectivity index (χ0v) is 13.0. The summed E-state index contributed by atoms with van der Waals surface area (Å²) in [5.41, 5.74) is 3.59. The lowest BCUT2D eigenvalue weighted by atomic mass is 10.1. The molecule has 2 aliphatic rings. The van der Waals surface area contributed by atoms with Gasteiger partial charge >= 0.3 is 0 Å². The molecule has 0 unspecified atom stereocenters. The number of nitrogens with zero attached hydrogens (tertiary/aromatic N) is 1. The molecule has 0 aromatic heterocycles. The van der Waals surface area contributed by atoms with Crippen LogP contribution in [0.1, 0.15) is 30.4 Å². The van der Waals surface area contributed by atoms with Crippen LogP contribution in [0, 0.1) is 0 Å². The second-order valence-electron chi connectivity index (χ2n) is 6.40. The highest BCUT2D eigenvalue weighted by atomic mass is 16.2.